The van der Waals surface area contributed by atoms with Gasteiger partial charge in [0.25, 0.3) is 0 Å². The maximum atomic E-state index is 14.4. The normalized spacial score (nSPS) is 13.6. The second-order valence-electron chi connectivity index (χ2n) is 13.3. The molecule has 0 aromatic heterocycles. The van der Waals surface area contributed by atoms with Crippen LogP contribution in [-0.4, -0.2) is 70.3 Å². The summed E-state index contributed by atoms with van der Waals surface area (Å²) in [6.45, 7) is 15.6. The summed E-state index contributed by atoms with van der Waals surface area (Å²) in [6.07, 6.45) is 0.557. The summed E-state index contributed by atoms with van der Waals surface area (Å²) in [4.78, 5) is 55.8. The van der Waals surface area contributed by atoms with Crippen molar-refractivity contribution in [1.82, 2.24) is 15.5 Å². The largest absolute Gasteiger partial charge is 0.458 e. The van der Waals surface area contributed by atoms with Crippen molar-refractivity contribution in [2.24, 2.45) is 0 Å². The van der Waals surface area contributed by atoms with Crippen LogP contribution in [0.2, 0.25) is 0 Å². The van der Waals surface area contributed by atoms with Gasteiger partial charge >= 0.3 is 12.1 Å². The van der Waals surface area contributed by atoms with Crippen molar-refractivity contribution in [2.75, 3.05) is 13.2 Å². The first-order valence-corrected chi connectivity index (χ1v) is 15.5. The molecule has 45 heavy (non-hydrogen) atoms. The molecule has 2 rings (SSSR count). The Morgan fingerprint density at radius 2 is 1.47 bits per heavy atom. The Bertz CT molecular complexity index is 1300. The highest BCUT2D eigenvalue weighted by atomic mass is 16.6. The van der Waals surface area contributed by atoms with Gasteiger partial charge in [0.1, 0.15) is 29.3 Å². The number of esters is 1. The van der Waals surface area contributed by atoms with Crippen molar-refractivity contribution in [3.63, 3.8) is 0 Å². The molecular formula is C35H51N3O7. The molecule has 2 aromatic rings. The molecule has 10 nitrogen and oxygen atoms in total. The van der Waals surface area contributed by atoms with Gasteiger partial charge in [0.05, 0.1) is 6.61 Å². The lowest BCUT2D eigenvalue weighted by Gasteiger charge is -2.35. The Kier molecular flexibility index (Phi) is 13.6. The number of rotatable bonds is 13. The Morgan fingerprint density at radius 1 is 0.844 bits per heavy atom. The first kappa shape index (κ1) is 37.3. The van der Waals surface area contributed by atoms with Crippen LogP contribution in [0.3, 0.4) is 0 Å². The maximum absolute atomic E-state index is 14.4. The fourth-order valence-electron chi connectivity index (χ4n) is 4.60. The summed E-state index contributed by atoms with van der Waals surface area (Å²) >= 11 is 0. The Balaban J connectivity index is 2.59. The minimum atomic E-state index is -1.37. The number of carbonyl (C=O) groups is 4. The number of alkyl carbamates (subject to hydrolysis) is 1. The predicted molar refractivity (Wildman–Crippen MR) is 173 cm³/mol. The van der Waals surface area contributed by atoms with Gasteiger partial charge in [0.15, 0.2) is 0 Å². The Morgan fingerprint density at radius 3 is 2.00 bits per heavy atom. The molecular weight excluding hydrogens is 574 g/mol. The minimum absolute atomic E-state index is 0.155. The van der Waals surface area contributed by atoms with E-state index in [1.165, 1.54) is 4.90 Å². The summed E-state index contributed by atoms with van der Waals surface area (Å²) < 4.78 is 11.0. The van der Waals surface area contributed by atoms with Gasteiger partial charge < -0.3 is 30.1 Å². The second kappa shape index (κ2) is 16.4. The molecule has 0 bridgehead atoms. The Labute approximate surface area is 267 Å². The van der Waals surface area contributed by atoms with Crippen molar-refractivity contribution in [3.05, 3.63) is 70.8 Å². The molecule has 0 spiro atoms. The molecule has 0 aliphatic rings. The molecule has 2 aromatic carbocycles. The fourth-order valence-corrected chi connectivity index (χ4v) is 4.60. The van der Waals surface area contributed by atoms with Crippen LogP contribution in [0.1, 0.15) is 89.6 Å². The van der Waals surface area contributed by atoms with Gasteiger partial charge in [-0.3, -0.25) is 9.59 Å². The zero-order valence-electron chi connectivity index (χ0n) is 28.2. The number of carbonyl (C=O) groups excluding carboxylic acids is 4. The number of hydrogen-bond acceptors (Lipinski definition) is 7. The van der Waals surface area contributed by atoms with E-state index < -0.39 is 59.8 Å². The zero-order valence-corrected chi connectivity index (χ0v) is 28.2. The molecule has 3 N–H and O–H groups in total. The molecule has 3 unspecified atom stereocenters. The minimum Gasteiger partial charge on any atom is -0.458 e. The van der Waals surface area contributed by atoms with Gasteiger partial charge in [-0.05, 0) is 84.1 Å². The summed E-state index contributed by atoms with van der Waals surface area (Å²) in [7, 11) is 0. The van der Waals surface area contributed by atoms with Crippen LogP contribution in [0, 0.1) is 13.8 Å². The van der Waals surface area contributed by atoms with E-state index in [2.05, 4.69) is 10.6 Å². The molecule has 0 fully saturated rings. The molecule has 0 aliphatic heterocycles. The van der Waals surface area contributed by atoms with Crippen molar-refractivity contribution in [3.8, 4) is 0 Å². The van der Waals surface area contributed by atoms with Gasteiger partial charge in [-0.2, -0.15) is 0 Å². The zero-order chi connectivity index (χ0) is 33.9. The fraction of sp³-hybridized carbons (Fsp3) is 0.543. The van der Waals surface area contributed by atoms with E-state index in [4.69, 9.17) is 9.47 Å². The summed E-state index contributed by atoms with van der Waals surface area (Å²) in [5, 5.41) is 15.5. The first-order chi connectivity index (χ1) is 21.0. The third-order valence-corrected chi connectivity index (χ3v) is 6.90. The van der Waals surface area contributed by atoms with Crippen LogP contribution < -0.4 is 10.6 Å². The average molecular weight is 626 g/mol. The van der Waals surface area contributed by atoms with Crippen molar-refractivity contribution in [2.45, 2.75) is 111 Å². The molecule has 0 saturated carbocycles. The van der Waals surface area contributed by atoms with E-state index in [-0.39, 0.29) is 13.0 Å². The molecule has 0 heterocycles. The van der Waals surface area contributed by atoms with E-state index in [1.54, 1.807) is 47.6 Å². The molecule has 0 saturated heterocycles. The number of aliphatic hydroxyl groups is 1. The number of aliphatic hydroxyl groups excluding tert-OH is 1. The van der Waals surface area contributed by atoms with Gasteiger partial charge in [-0.1, -0.05) is 61.9 Å². The van der Waals surface area contributed by atoms with E-state index in [0.29, 0.717) is 18.4 Å². The molecule has 248 valence electrons. The highest BCUT2D eigenvalue weighted by molar-refractivity contribution is 5.94. The standard InChI is InChI=1S/C35H51N3O7/c1-10-11-19-38(31(41)28(22-39)37-33(43)45-35(7,8)9)29(26-18-17-23(2)24(3)20-26)30(40)36-27(32(42)44-34(4,5)6)21-25-15-13-12-14-16-25/h12-18,20,27-29,39H,10-11,19,21-22H2,1-9H3,(H,36,40)(H,37,43). The lowest BCUT2D eigenvalue weighted by molar-refractivity contribution is -0.159. The number of hydrogen-bond donors (Lipinski definition) is 3. The maximum Gasteiger partial charge on any atom is 0.408 e. The SMILES string of the molecule is CCCCN(C(=O)C(CO)NC(=O)OC(C)(C)C)C(C(=O)NC(Cc1ccccc1)C(=O)OC(C)(C)C)c1ccc(C)c(C)c1. The van der Waals surface area contributed by atoms with Gasteiger partial charge in [-0.25, -0.2) is 9.59 Å². The van der Waals surface area contributed by atoms with Gasteiger partial charge in [0, 0.05) is 13.0 Å². The number of benzene rings is 2. The van der Waals surface area contributed by atoms with Gasteiger partial charge in [-0.15, -0.1) is 0 Å². The topological polar surface area (TPSA) is 134 Å². The van der Waals surface area contributed by atoms with E-state index >= 15 is 0 Å². The van der Waals surface area contributed by atoms with E-state index in [1.807, 2.05) is 63.2 Å². The van der Waals surface area contributed by atoms with Crippen LogP contribution in [0.4, 0.5) is 4.79 Å². The lowest BCUT2D eigenvalue weighted by atomic mass is 9.97. The summed E-state index contributed by atoms with van der Waals surface area (Å²) in [5.41, 5.74) is 1.63. The monoisotopic (exact) mass is 625 g/mol. The third kappa shape index (κ3) is 12.2. The predicted octanol–water partition coefficient (Wildman–Crippen LogP) is 4.93. The summed E-state index contributed by atoms with van der Waals surface area (Å²) in [5.74, 6) is -1.86. The smallest absolute Gasteiger partial charge is 0.408 e. The van der Waals surface area contributed by atoms with E-state index in [0.717, 1.165) is 16.7 Å². The number of aryl methyl sites for hydroxylation is 2. The highest BCUT2D eigenvalue weighted by Crippen LogP contribution is 2.26. The molecule has 0 radical (unpaired) electrons. The number of amides is 3. The van der Waals surface area contributed by atoms with Crippen LogP contribution in [0.25, 0.3) is 0 Å². The Hall–Kier alpha value is -3.92. The molecule has 3 amide bonds. The summed E-state index contributed by atoms with van der Waals surface area (Å²) in [6, 6.07) is 11.1. The van der Waals surface area contributed by atoms with Crippen LogP contribution >= 0.6 is 0 Å². The number of ether oxygens (including phenoxy) is 2. The molecule has 3 atom stereocenters. The van der Waals surface area contributed by atoms with Gasteiger partial charge in [0.2, 0.25) is 11.8 Å². The van der Waals surface area contributed by atoms with Crippen molar-refractivity contribution in [1.29, 1.82) is 0 Å². The van der Waals surface area contributed by atoms with E-state index in [9.17, 15) is 24.3 Å². The molecule has 10 heteroatoms. The van der Waals surface area contributed by atoms with Crippen molar-refractivity contribution < 1.29 is 33.8 Å². The number of unbranched alkanes of at least 4 members (excludes halogenated alkanes) is 1. The number of nitrogens with zero attached hydrogens (tertiary/aromatic N) is 1. The highest BCUT2D eigenvalue weighted by Gasteiger charge is 2.38. The van der Waals surface area contributed by atoms with Crippen LogP contribution in [0.15, 0.2) is 48.5 Å². The first-order valence-electron chi connectivity index (χ1n) is 15.5. The lowest BCUT2D eigenvalue weighted by Crippen LogP contribution is -2.56. The second-order valence-corrected chi connectivity index (χ2v) is 13.3. The van der Waals surface area contributed by atoms with Crippen molar-refractivity contribution >= 4 is 23.9 Å². The molecule has 0 aliphatic carbocycles. The quantitative estimate of drug-likeness (QED) is 0.269. The number of nitrogens with one attached hydrogen (secondary N) is 2. The van der Waals surface area contributed by atoms with Crippen LogP contribution in [-0.2, 0) is 30.3 Å². The van der Waals surface area contributed by atoms with Crippen LogP contribution in [0.5, 0.6) is 0 Å². The average Bonchev–Trinajstić information content (AvgIpc) is 2.93. The third-order valence-electron chi connectivity index (χ3n) is 6.90.